The summed E-state index contributed by atoms with van der Waals surface area (Å²) in [4.78, 5) is 66.2. The van der Waals surface area contributed by atoms with E-state index in [0.717, 1.165) is 16.7 Å². The second-order valence-electron chi connectivity index (χ2n) is 14.1. The first-order valence-corrected chi connectivity index (χ1v) is 18.2. The van der Waals surface area contributed by atoms with Gasteiger partial charge < -0.3 is 44.0 Å². The molecule has 0 unspecified atom stereocenters. The molecule has 14 heteroatoms. The van der Waals surface area contributed by atoms with Gasteiger partial charge in [0.15, 0.2) is 11.5 Å². The quantitative estimate of drug-likeness (QED) is 0.308. The van der Waals surface area contributed by atoms with Crippen LogP contribution in [0.3, 0.4) is 0 Å². The van der Waals surface area contributed by atoms with Crippen molar-refractivity contribution in [2.75, 3.05) is 40.7 Å². The lowest BCUT2D eigenvalue weighted by molar-refractivity contribution is -0.147. The molecule has 55 heavy (non-hydrogen) atoms. The van der Waals surface area contributed by atoms with Crippen molar-refractivity contribution in [3.8, 4) is 23.0 Å². The number of likely N-dealkylation sites (N-methyl/N-ethyl adjacent to an activating group) is 3. The van der Waals surface area contributed by atoms with Gasteiger partial charge in [-0.15, -0.1) is 0 Å². The summed E-state index contributed by atoms with van der Waals surface area (Å²) in [7, 11) is 7.91. The van der Waals surface area contributed by atoms with Gasteiger partial charge in [0.2, 0.25) is 35.4 Å². The minimum Gasteiger partial charge on any atom is -0.497 e. The number of methoxy groups -OCH3 is 2. The molecule has 3 aliphatic rings. The molecule has 1 aromatic heterocycles. The number of rotatable bonds is 4. The predicted molar refractivity (Wildman–Crippen MR) is 204 cm³/mol. The van der Waals surface area contributed by atoms with Gasteiger partial charge in [-0.2, -0.15) is 0 Å². The Hall–Kier alpha value is -6.05. The van der Waals surface area contributed by atoms with Crippen LogP contribution in [0.4, 0.5) is 5.88 Å². The van der Waals surface area contributed by atoms with Gasteiger partial charge in [0.1, 0.15) is 47.4 Å². The summed E-state index contributed by atoms with van der Waals surface area (Å²) in [6, 6.07) is 15.4. The lowest BCUT2D eigenvalue weighted by atomic mass is 9.99. The Morgan fingerprint density at radius 1 is 0.745 bits per heavy atom. The van der Waals surface area contributed by atoms with Crippen molar-refractivity contribution in [2.24, 2.45) is 0 Å². The van der Waals surface area contributed by atoms with Crippen molar-refractivity contribution >= 4 is 29.5 Å². The van der Waals surface area contributed by atoms with Crippen LogP contribution in [0, 0.1) is 6.92 Å². The summed E-state index contributed by atoms with van der Waals surface area (Å²) < 4.78 is 23.5. The zero-order chi connectivity index (χ0) is 39.6. The molecular formula is C41H48N6O8. The van der Waals surface area contributed by atoms with E-state index in [-0.39, 0.29) is 36.9 Å². The van der Waals surface area contributed by atoms with E-state index in [1.807, 2.05) is 36.4 Å². The van der Waals surface area contributed by atoms with Gasteiger partial charge in [0.25, 0.3) is 0 Å². The molecule has 5 atom stereocenters. The van der Waals surface area contributed by atoms with Gasteiger partial charge in [-0.1, -0.05) is 30.3 Å². The molecule has 0 aliphatic carbocycles. The monoisotopic (exact) mass is 752 g/mol. The third kappa shape index (κ3) is 8.22. The number of hydrogen-bond acceptors (Lipinski definition) is 10. The van der Waals surface area contributed by atoms with Gasteiger partial charge >= 0.3 is 0 Å². The predicted octanol–water partition coefficient (Wildman–Crippen LogP) is 4.31. The Labute approximate surface area is 320 Å². The van der Waals surface area contributed by atoms with Gasteiger partial charge in [-0.05, 0) is 73.9 Å². The number of aryl methyl sites for hydroxylation is 1. The summed E-state index contributed by atoms with van der Waals surface area (Å²) in [6.07, 6.45) is 0.591. The highest BCUT2D eigenvalue weighted by molar-refractivity contribution is 5.95. The number of ether oxygens (including phenoxy) is 3. The van der Waals surface area contributed by atoms with Crippen molar-refractivity contribution in [3.63, 3.8) is 0 Å². The molecule has 0 fully saturated rings. The van der Waals surface area contributed by atoms with Crippen molar-refractivity contribution in [1.29, 1.82) is 0 Å². The molecule has 4 amide bonds. The van der Waals surface area contributed by atoms with Gasteiger partial charge in [0, 0.05) is 40.4 Å². The van der Waals surface area contributed by atoms with Crippen molar-refractivity contribution in [1.82, 2.24) is 25.0 Å². The molecular weight excluding hydrogens is 704 g/mol. The number of carbonyl (C=O) groups excluding carboxylic acids is 4. The van der Waals surface area contributed by atoms with E-state index in [1.54, 1.807) is 91.4 Å². The van der Waals surface area contributed by atoms with E-state index in [1.165, 1.54) is 9.80 Å². The van der Waals surface area contributed by atoms with Crippen LogP contribution in [0.2, 0.25) is 0 Å². The molecule has 0 saturated carbocycles. The Morgan fingerprint density at radius 3 is 2.04 bits per heavy atom. The summed E-state index contributed by atoms with van der Waals surface area (Å²) in [5, 5.41) is 6.00. The topological polar surface area (TPSA) is 156 Å². The first kappa shape index (κ1) is 38.7. The average molecular weight is 753 g/mol. The molecule has 14 nitrogen and oxygen atoms in total. The Balaban J connectivity index is 1.46. The first-order valence-electron chi connectivity index (χ1n) is 18.2. The number of nitrogens with zero attached hydrogens (tertiary/aromatic N) is 4. The zero-order valence-electron chi connectivity index (χ0n) is 32.4. The molecule has 3 aliphatic heterocycles. The zero-order valence-corrected chi connectivity index (χ0v) is 32.4. The second kappa shape index (κ2) is 16.1. The fourth-order valence-electron chi connectivity index (χ4n) is 7.00. The maximum atomic E-state index is 14.8. The van der Waals surface area contributed by atoms with E-state index in [4.69, 9.17) is 23.6 Å². The standard InChI is InChI=1S/C41H48N6O8/c1-23-37-44-25(3)40(50)45(4)31(19-26-9-14-29(52-7)15-10-26)36(48)42-24(2)39(49)47(6)33-20-27-11-16-30(17-12-27)54-35-22-28(13-18-34(35)53-8)21-32(38(43-23)55-37)46(5)41(33)51/h9-18,22,24-25,31-33,44H,19-21H2,1-8H3,(H,42,48)/t24-,25-,31-,32-,33-/m0/s1. The SMILES string of the molecule is COc1ccc(C[C@H]2C(=O)N[C@@H](C)C(=O)N(C)[C@H]3Cc4ccc(cc4)Oc4cc(ccc4OC)C[C@@H](c4nc(C)c(o4)N[C@@H](C)C(=O)N2C)N(C)C3=O)cc1. The smallest absolute Gasteiger partial charge is 0.246 e. The second-order valence-corrected chi connectivity index (χ2v) is 14.1. The maximum absolute atomic E-state index is 14.8. The van der Waals surface area contributed by atoms with Crippen LogP contribution in [0.5, 0.6) is 23.0 Å². The van der Waals surface area contributed by atoms with Crippen LogP contribution in [0.1, 0.15) is 48.2 Å². The van der Waals surface area contributed by atoms with Gasteiger partial charge in [-0.3, -0.25) is 19.2 Å². The highest BCUT2D eigenvalue weighted by Gasteiger charge is 2.39. The van der Waals surface area contributed by atoms with Crippen LogP contribution in [-0.2, 0) is 38.4 Å². The number of hydrogen-bond donors (Lipinski definition) is 2. The first-order chi connectivity index (χ1) is 26.3. The van der Waals surface area contributed by atoms with E-state index in [2.05, 4.69) is 10.6 Å². The number of fused-ring (bicyclic) bond motifs is 4. The molecule has 0 spiro atoms. The van der Waals surface area contributed by atoms with Gasteiger partial charge in [-0.25, -0.2) is 4.98 Å². The Morgan fingerprint density at radius 2 is 1.36 bits per heavy atom. The van der Waals surface area contributed by atoms with E-state index >= 15 is 0 Å². The number of amides is 4. The number of aromatic nitrogens is 1. The summed E-state index contributed by atoms with van der Waals surface area (Å²) in [5.74, 6) is 0.967. The van der Waals surface area contributed by atoms with Crippen LogP contribution in [0.25, 0.3) is 0 Å². The van der Waals surface area contributed by atoms with Crippen LogP contribution < -0.4 is 24.8 Å². The average Bonchev–Trinajstić information content (AvgIpc) is 3.55. The number of anilines is 1. The highest BCUT2D eigenvalue weighted by Crippen LogP contribution is 2.36. The molecule has 0 saturated heterocycles. The van der Waals surface area contributed by atoms with Crippen molar-refractivity contribution in [2.45, 2.75) is 70.2 Å². The minimum absolute atomic E-state index is 0.160. The molecule has 4 heterocycles. The third-order valence-corrected chi connectivity index (χ3v) is 10.4. The molecule has 0 radical (unpaired) electrons. The van der Waals surface area contributed by atoms with Gasteiger partial charge in [0.05, 0.1) is 14.2 Å². The third-order valence-electron chi connectivity index (χ3n) is 10.4. The Kier molecular flexibility index (Phi) is 11.3. The number of oxazole rings is 1. The largest absolute Gasteiger partial charge is 0.497 e. The van der Waals surface area contributed by atoms with E-state index in [0.29, 0.717) is 28.7 Å². The fraction of sp³-hybridized carbons (Fsp3) is 0.390. The summed E-state index contributed by atoms with van der Waals surface area (Å²) in [6.45, 7) is 5.00. The summed E-state index contributed by atoms with van der Waals surface area (Å²) >= 11 is 0. The van der Waals surface area contributed by atoms with E-state index < -0.39 is 47.9 Å². The molecule has 8 bridgehead atoms. The van der Waals surface area contributed by atoms with Crippen LogP contribution in [-0.4, -0.2) is 103 Å². The molecule has 2 N–H and O–H groups in total. The number of nitrogens with one attached hydrogen (secondary N) is 2. The lowest BCUT2D eigenvalue weighted by Gasteiger charge is -2.35. The van der Waals surface area contributed by atoms with Crippen LogP contribution in [0.15, 0.2) is 71.1 Å². The number of benzene rings is 3. The van der Waals surface area contributed by atoms with Crippen molar-refractivity contribution in [3.05, 3.63) is 95.0 Å². The molecule has 7 rings (SSSR count). The van der Waals surface area contributed by atoms with E-state index in [9.17, 15) is 19.2 Å². The minimum atomic E-state index is -1.04. The highest BCUT2D eigenvalue weighted by atomic mass is 16.5. The fourth-order valence-corrected chi connectivity index (χ4v) is 7.00. The Bertz CT molecular complexity index is 2050. The number of carbonyl (C=O) groups is 4. The summed E-state index contributed by atoms with van der Waals surface area (Å²) in [5.41, 5.74) is 2.84. The molecule has 3 aromatic carbocycles. The lowest BCUT2D eigenvalue weighted by Crippen LogP contribution is -2.58. The molecule has 290 valence electrons. The van der Waals surface area contributed by atoms with Crippen molar-refractivity contribution < 1.29 is 37.8 Å². The molecule has 4 aromatic rings. The normalized spacial score (nSPS) is 22.4. The van der Waals surface area contributed by atoms with Crippen LogP contribution >= 0.6 is 0 Å². The maximum Gasteiger partial charge on any atom is 0.246 e.